The van der Waals surface area contributed by atoms with E-state index in [1.807, 2.05) is 18.2 Å². The van der Waals surface area contributed by atoms with Crippen LogP contribution in [0.5, 0.6) is 0 Å². The molecule has 4 aromatic rings. The van der Waals surface area contributed by atoms with Gasteiger partial charge in [-0.2, -0.15) is 9.97 Å². The number of anilines is 3. The highest BCUT2D eigenvalue weighted by Gasteiger charge is 2.28. The Kier molecular flexibility index (Phi) is 4.36. The van der Waals surface area contributed by atoms with Crippen molar-refractivity contribution < 1.29 is 0 Å². The molecule has 5 rings (SSSR count). The largest absolute Gasteiger partial charge is 0.368 e. The monoisotopic (exact) mass is 404 g/mol. The van der Waals surface area contributed by atoms with E-state index in [1.54, 1.807) is 17.7 Å². The molecule has 0 saturated heterocycles. The zero-order valence-electron chi connectivity index (χ0n) is 15.8. The van der Waals surface area contributed by atoms with Crippen molar-refractivity contribution >= 4 is 46.2 Å². The van der Waals surface area contributed by atoms with Crippen molar-refractivity contribution in [2.45, 2.75) is 25.6 Å². The zero-order valence-corrected chi connectivity index (χ0v) is 16.6. The first kappa shape index (κ1) is 17.6. The number of nitrogen functional groups attached to an aromatic ring is 1. The minimum Gasteiger partial charge on any atom is -0.368 e. The maximum Gasteiger partial charge on any atom is 0.224 e. The van der Waals surface area contributed by atoms with Gasteiger partial charge in [-0.3, -0.25) is 4.99 Å². The predicted octanol–water partition coefficient (Wildman–Crippen LogP) is 2.09. The average molecular weight is 405 g/mol. The number of benzene rings is 1. The topological polar surface area (TPSA) is 108 Å². The summed E-state index contributed by atoms with van der Waals surface area (Å²) in [6.07, 6.45) is 4.47. The molecule has 4 heterocycles. The van der Waals surface area contributed by atoms with Crippen LogP contribution in [-0.4, -0.2) is 32.1 Å². The molecule has 0 spiro atoms. The molecule has 0 radical (unpaired) electrons. The summed E-state index contributed by atoms with van der Waals surface area (Å²) in [7, 11) is 0. The second-order valence-electron chi connectivity index (χ2n) is 6.78. The Morgan fingerprint density at radius 1 is 1.24 bits per heavy atom. The highest BCUT2D eigenvalue weighted by atomic mass is 32.1. The summed E-state index contributed by atoms with van der Waals surface area (Å²) >= 11 is 1.69. The fourth-order valence-corrected chi connectivity index (χ4v) is 4.31. The number of hydrogen-bond acceptors (Lipinski definition) is 8. The van der Waals surface area contributed by atoms with Crippen molar-refractivity contribution in [3.8, 4) is 0 Å². The van der Waals surface area contributed by atoms with Gasteiger partial charge in [0.05, 0.1) is 22.3 Å². The third-order valence-electron chi connectivity index (χ3n) is 4.97. The normalized spacial score (nSPS) is 16.7. The lowest BCUT2D eigenvalue weighted by molar-refractivity contribution is 0.539. The number of imidazole rings is 1. The van der Waals surface area contributed by atoms with Crippen molar-refractivity contribution in [2.24, 2.45) is 4.99 Å². The first-order chi connectivity index (χ1) is 14.2. The number of aromatic nitrogens is 4. The summed E-state index contributed by atoms with van der Waals surface area (Å²) in [5.74, 6) is 0.824. The number of para-hydroxylation sites is 1. The van der Waals surface area contributed by atoms with Crippen LogP contribution in [0.15, 0.2) is 53.1 Å². The van der Waals surface area contributed by atoms with Crippen LogP contribution in [0.1, 0.15) is 13.3 Å². The van der Waals surface area contributed by atoms with Gasteiger partial charge >= 0.3 is 0 Å². The van der Waals surface area contributed by atoms with Crippen molar-refractivity contribution in [3.63, 3.8) is 0 Å². The van der Waals surface area contributed by atoms with Gasteiger partial charge < -0.3 is 20.9 Å². The number of nitrogens with two attached hydrogens (primary N) is 1. The molecule has 0 amide bonds. The molecule has 1 aliphatic rings. The van der Waals surface area contributed by atoms with Crippen LogP contribution >= 0.6 is 11.3 Å². The Morgan fingerprint density at radius 3 is 2.93 bits per heavy atom. The molecule has 9 heteroatoms. The van der Waals surface area contributed by atoms with Gasteiger partial charge in [-0.25, -0.2) is 4.98 Å². The molecule has 0 fully saturated rings. The lowest BCUT2D eigenvalue weighted by Crippen LogP contribution is -2.49. The summed E-state index contributed by atoms with van der Waals surface area (Å²) in [5, 5.41) is 6.63. The second-order valence-corrected chi connectivity index (χ2v) is 7.72. The van der Waals surface area contributed by atoms with E-state index in [0.29, 0.717) is 11.5 Å². The molecule has 2 atom stereocenters. The summed E-state index contributed by atoms with van der Waals surface area (Å²) in [6.45, 7) is 2.13. The van der Waals surface area contributed by atoms with Crippen molar-refractivity contribution in [1.82, 2.24) is 19.9 Å². The summed E-state index contributed by atoms with van der Waals surface area (Å²) in [5.41, 5.74) is 8.26. The standard InChI is InChI=1S/C20H20N8S/c1-2-13(24-18-16-17(23-11-22-16)26-20(21)27-18)19-25-14-8-9-29-15(14)10-28(19)12-6-4-3-5-7-12/h3-11,13,19H,2H2,1H3,(H4,21,22,23,24,26,27). The van der Waals surface area contributed by atoms with Crippen LogP contribution in [0.2, 0.25) is 0 Å². The van der Waals surface area contributed by atoms with Crippen molar-refractivity contribution in [2.75, 3.05) is 16.0 Å². The lowest BCUT2D eigenvalue weighted by Gasteiger charge is -2.35. The maximum absolute atomic E-state index is 5.89. The molecule has 3 aromatic heterocycles. The lowest BCUT2D eigenvalue weighted by atomic mass is 10.1. The van der Waals surface area contributed by atoms with Gasteiger partial charge in [0, 0.05) is 11.9 Å². The van der Waals surface area contributed by atoms with Crippen molar-refractivity contribution in [1.29, 1.82) is 0 Å². The number of aromatic amines is 1. The Morgan fingerprint density at radius 2 is 2.10 bits per heavy atom. The second kappa shape index (κ2) is 7.17. The van der Waals surface area contributed by atoms with Crippen LogP contribution in [0.4, 0.5) is 17.5 Å². The summed E-state index contributed by atoms with van der Waals surface area (Å²) in [4.78, 5) is 23.2. The fraction of sp³-hybridized carbons (Fsp3) is 0.200. The molecule has 1 aromatic carbocycles. The molecular formula is C20H20N8S. The summed E-state index contributed by atoms with van der Waals surface area (Å²) < 4.78 is 1.15. The molecule has 0 saturated carbocycles. The SMILES string of the molecule is CCC(Nc1nc(N)nc2nc[nH]c12)C1N=c2ccsc2=CN1c1ccccc1. The van der Waals surface area contributed by atoms with E-state index in [0.717, 1.165) is 27.5 Å². The quantitative estimate of drug-likeness (QED) is 0.470. The highest BCUT2D eigenvalue weighted by Crippen LogP contribution is 2.25. The number of thiophene rings is 1. The molecule has 4 N–H and O–H groups in total. The van der Waals surface area contributed by atoms with Gasteiger partial charge in [-0.1, -0.05) is 25.1 Å². The Hall–Kier alpha value is -3.46. The number of H-pyrrole nitrogens is 1. The minimum atomic E-state index is -0.140. The van der Waals surface area contributed by atoms with E-state index < -0.39 is 0 Å². The number of rotatable bonds is 5. The molecular weight excluding hydrogens is 384 g/mol. The third kappa shape index (κ3) is 3.19. The predicted molar refractivity (Wildman–Crippen MR) is 116 cm³/mol. The van der Waals surface area contributed by atoms with Crippen molar-refractivity contribution in [3.05, 3.63) is 58.0 Å². The molecule has 1 aliphatic heterocycles. The van der Waals surface area contributed by atoms with Gasteiger partial charge in [-0.15, -0.1) is 11.3 Å². The van der Waals surface area contributed by atoms with E-state index in [1.165, 1.54) is 0 Å². The molecule has 146 valence electrons. The molecule has 8 nitrogen and oxygen atoms in total. The van der Waals surface area contributed by atoms with E-state index >= 15 is 0 Å². The molecule has 2 unspecified atom stereocenters. The smallest absolute Gasteiger partial charge is 0.224 e. The van der Waals surface area contributed by atoms with E-state index in [9.17, 15) is 0 Å². The number of hydrogen-bond donors (Lipinski definition) is 3. The van der Waals surface area contributed by atoms with Crippen LogP contribution in [-0.2, 0) is 0 Å². The Balaban J connectivity index is 1.57. The number of nitrogens with zero attached hydrogens (tertiary/aromatic N) is 5. The van der Waals surface area contributed by atoms with Crippen LogP contribution < -0.4 is 25.8 Å². The van der Waals surface area contributed by atoms with E-state index in [4.69, 9.17) is 10.7 Å². The van der Waals surface area contributed by atoms with Gasteiger partial charge in [0.2, 0.25) is 5.95 Å². The van der Waals surface area contributed by atoms with Gasteiger partial charge in [0.1, 0.15) is 11.7 Å². The number of nitrogens with one attached hydrogen (secondary N) is 2. The highest BCUT2D eigenvalue weighted by molar-refractivity contribution is 7.07. The first-order valence-corrected chi connectivity index (χ1v) is 10.3. The summed E-state index contributed by atoms with van der Waals surface area (Å²) in [6, 6.07) is 12.3. The van der Waals surface area contributed by atoms with Gasteiger partial charge in [0.15, 0.2) is 11.5 Å². The third-order valence-corrected chi connectivity index (χ3v) is 5.81. The Bertz CT molecular complexity index is 1260. The molecule has 0 bridgehead atoms. The van der Waals surface area contributed by atoms with Crippen LogP contribution in [0.25, 0.3) is 17.4 Å². The van der Waals surface area contributed by atoms with E-state index in [-0.39, 0.29) is 18.2 Å². The number of fused-ring (bicyclic) bond motifs is 2. The van der Waals surface area contributed by atoms with Crippen LogP contribution in [0, 0.1) is 0 Å². The minimum absolute atomic E-state index is 0.0136. The average Bonchev–Trinajstić information content (AvgIpc) is 3.40. The van der Waals surface area contributed by atoms with Crippen LogP contribution in [0.3, 0.4) is 0 Å². The first-order valence-electron chi connectivity index (χ1n) is 9.42. The molecule has 29 heavy (non-hydrogen) atoms. The fourth-order valence-electron chi connectivity index (χ4n) is 3.55. The maximum atomic E-state index is 5.89. The Labute approximate surface area is 170 Å². The molecule has 0 aliphatic carbocycles. The van der Waals surface area contributed by atoms with Gasteiger partial charge in [-0.05, 0) is 30.0 Å². The van der Waals surface area contributed by atoms with Gasteiger partial charge in [0.25, 0.3) is 0 Å². The van der Waals surface area contributed by atoms with E-state index in [2.05, 4.69) is 66.9 Å². The zero-order chi connectivity index (χ0) is 19.8.